The van der Waals surface area contributed by atoms with E-state index in [1.54, 1.807) is 12.1 Å². The highest BCUT2D eigenvalue weighted by molar-refractivity contribution is 7.92. The highest BCUT2D eigenvalue weighted by Gasteiger charge is 2.23. The molecule has 1 amide bonds. The van der Waals surface area contributed by atoms with Crippen LogP contribution in [-0.4, -0.2) is 33.5 Å². The lowest BCUT2D eigenvalue weighted by molar-refractivity contribution is -0.123. The number of benzene rings is 4. The predicted molar refractivity (Wildman–Crippen MR) is 152 cm³/mol. The summed E-state index contributed by atoms with van der Waals surface area (Å²) < 4.78 is 57.5. The fourth-order valence-electron chi connectivity index (χ4n) is 4.08. The summed E-state index contributed by atoms with van der Waals surface area (Å²) in [5, 5.41) is 4.39. The third-order valence-corrected chi connectivity index (χ3v) is 7.89. The number of nitrogens with one attached hydrogen (secondary N) is 2. The Kier molecular flexibility index (Phi) is 7.57. The maximum absolute atomic E-state index is 13.2. The first-order chi connectivity index (χ1) is 19.6. The summed E-state index contributed by atoms with van der Waals surface area (Å²) in [6, 6.07) is 18.8. The van der Waals surface area contributed by atoms with Gasteiger partial charge >= 0.3 is 5.97 Å². The van der Waals surface area contributed by atoms with Crippen molar-refractivity contribution in [3.8, 4) is 5.75 Å². The number of esters is 1. The lowest BCUT2D eigenvalue weighted by atomic mass is 10.1. The first-order valence-corrected chi connectivity index (χ1v) is 14.0. The number of fused-ring (bicyclic) bond motifs is 3. The van der Waals surface area contributed by atoms with Crippen LogP contribution in [-0.2, 0) is 19.6 Å². The normalized spacial score (nSPS) is 12.2. The van der Waals surface area contributed by atoms with Gasteiger partial charge in [0, 0.05) is 16.8 Å². The molecule has 0 radical (unpaired) electrons. The average Bonchev–Trinajstić information content (AvgIpc) is 3.31. The molecule has 210 valence electrons. The van der Waals surface area contributed by atoms with Gasteiger partial charge in [-0.3, -0.25) is 9.52 Å². The van der Waals surface area contributed by atoms with Crippen LogP contribution >= 0.6 is 11.6 Å². The number of para-hydroxylation sites is 1. The van der Waals surface area contributed by atoms with Gasteiger partial charge in [-0.1, -0.05) is 29.8 Å². The maximum Gasteiger partial charge on any atom is 0.338 e. The van der Waals surface area contributed by atoms with Crippen LogP contribution in [0.4, 0.5) is 15.8 Å². The molecule has 0 bridgehead atoms. The molecule has 0 spiro atoms. The SMILES string of the molecule is COc1cc2c(cc1NC(=O)[C@H](C)OC(=O)c1ccc(Cl)c(NS(=O)(=O)c3ccc(F)cc3)c1)oc1ccccc12. The van der Waals surface area contributed by atoms with Gasteiger partial charge in [0.05, 0.1) is 34.0 Å². The van der Waals surface area contributed by atoms with Crippen LogP contribution in [0.25, 0.3) is 21.9 Å². The van der Waals surface area contributed by atoms with Gasteiger partial charge in [-0.25, -0.2) is 17.6 Å². The fraction of sp³-hybridized carbons (Fsp3) is 0.103. The Bertz CT molecular complexity index is 1910. The van der Waals surface area contributed by atoms with Gasteiger partial charge in [-0.05, 0) is 61.5 Å². The van der Waals surface area contributed by atoms with Gasteiger partial charge in [0.2, 0.25) is 0 Å². The zero-order valence-electron chi connectivity index (χ0n) is 21.6. The van der Waals surface area contributed by atoms with Crippen molar-refractivity contribution in [1.29, 1.82) is 0 Å². The van der Waals surface area contributed by atoms with E-state index in [0.717, 1.165) is 35.0 Å². The van der Waals surface area contributed by atoms with Crippen molar-refractivity contribution in [3.05, 3.63) is 95.3 Å². The number of halogens is 2. The molecule has 0 aliphatic carbocycles. The van der Waals surface area contributed by atoms with Crippen molar-refractivity contribution in [1.82, 2.24) is 0 Å². The lowest BCUT2D eigenvalue weighted by Crippen LogP contribution is -2.30. The topological polar surface area (TPSA) is 124 Å². The van der Waals surface area contributed by atoms with Crippen molar-refractivity contribution in [2.75, 3.05) is 17.1 Å². The second kappa shape index (κ2) is 11.1. The molecule has 4 aromatic carbocycles. The highest BCUT2D eigenvalue weighted by atomic mass is 35.5. The Morgan fingerprint density at radius 1 is 0.927 bits per heavy atom. The summed E-state index contributed by atoms with van der Waals surface area (Å²) in [5.41, 5.74) is 1.36. The van der Waals surface area contributed by atoms with Crippen molar-refractivity contribution >= 4 is 66.8 Å². The van der Waals surface area contributed by atoms with E-state index in [9.17, 15) is 22.4 Å². The second-order valence-corrected chi connectivity index (χ2v) is 11.0. The van der Waals surface area contributed by atoms with Crippen molar-refractivity contribution in [2.45, 2.75) is 17.9 Å². The van der Waals surface area contributed by atoms with Gasteiger partial charge in [0.15, 0.2) is 6.10 Å². The smallest absolute Gasteiger partial charge is 0.338 e. The largest absolute Gasteiger partial charge is 0.495 e. The quantitative estimate of drug-likeness (QED) is 0.199. The molecule has 12 heteroatoms. The molecule has 0 aliphatic heterocycles. The molecular weight excluding hydrogens is 575 g/mol. The number of hydrogen-bond acceptors (Lipinski definition) is 7. The summed E-state index contributed by atoms with van der Waals surface area (Å²) in [4.78, 5) is 25.6. The van der Waals surface area contributed by atoms with E-state index < -0.39 is 33.8 Å². The summed E-state index contributed by atoms with van der Waals surface area (Å²) in [6.45, 7) is 1.38. The molecule has 9 nitrogen and oxygen atoms in total. The first-order valence-electron chi connectivity index (χ1n) is 12.1. The number of sulfonamides is 1. The summed E-state index contributed by atoms with van der Waals surface area (Å²) in [7, 11) is -2.67. The summed E-state index contributed by atoms with van der Waals surface area (Å²) in [6.07, 6.45) is -1.24. The Hall–Kier alpha value is -4.61. The van der Waals surface area contributed by atoms with Crippen LogP contribution in [0, 0.1) is 5.82 Å². The van der Waals surface area contributed by atoms with E-state index in [0.29, 0.717) is 22.6 Å². The van der Waals surface area contributed by atoms with Gasteiger partial charge in [0.25, 0.3) is 15.9 Å². The third-order valence-electron chi connectivity index (χ3n) is 6.18. The molecule has 5 aromatic rings. The van der Waals surface area contributed by atoms with Crippen molar-refractivity contribution < 1.29 is 36.3 Å². The number of methoxy groups -OCH3 is 1. The number of amides is 1. The van der Waals surface area contributed by atoms with E-state index >= 15 is 0 Å². The standard InChI is InChI=1S/C29H22ClFN2O7S/c1-16(28(34)32-24-15-26-21(14-27(24)38-2)20-5-3-4-6-25(20)40-26)39-29(35)17-7-12-22(30)23(13-17)33-41(36,37)19-10-8-18(31)9-11-19/h3-16,33H,1-2H3,(H,32,34)/t16-/m0/s1. The van der Waals surface area contributed by atoms with Gasteiger partial charge in [-0.15, -0.1) is 0 Å². The predicted octanol–water partition coefficient (Wildman–Crippen LogP) is 6.37. The number of furan rings is 1. The van der Waals surface area contributed by atoms with Crippen LogP contribution < -0.4 is 14.8 Å². The third kappa shape index (κ3) is 5.81. The molecule has 1 atom stereocenters. The fourth-order valence-corrected chi connectivity index (χ4v) is 5.37. The number of hydrogen-bond donors (Lipinski definition) is 2. The van der Waals surface area contributed by atoms with Crippen molar-refractivity contribution in [2.24, 2.45) is 0 Å². The minimum absolute atomic E-state index is 0.00565. The molecule has 0 saturated carbocycles. The Labute approximate surface area is 238 Å². The number of carbonyl (C=O) groups excluding carboxylic acids is 2. The number of anilines is 2. The molecule has 0 fully saturated rings. The Morgan fingerprint density at radius 3 is 2.39 bits per heavy atom. The molecule has 0 saturated heterocycles. The minimum atomic E-state index is -4.13. The van der Waals surface area contributed by atoms with Crippen molar-refractivity contribution in [3.63, 3.8) is 0 Å². The van der Waals surface area contributed by atoms with Gasteiger partial charge < -0.3 is 19.2 Å². The van der Waals surface area contributed by atoms with Gasteiger partial charge in [-0.2, -0.15) is 0 Å². The molecule has 0 unspecified atom stereocenters. The zero-order valence-corrected chi connectivity index (χ0v) is 23.2. The first kappa shape index (κ1) is 27.9. The van der Waals surface area contributed by atoms with Crippen LogP contribution in [0.2, 0.25) is 5.02 Å². The minimum Gasteiger partial charge on any atom is -0.495 e. The molecular formula is C29H22ClFN2O7S. The van der Waals surface area contributed by atoms with E-state index in [-0.39, 0.29) is 21.2 Å². The molecule has 0 aliphatic rings. The van der Waals surface area contributed by atoms with Crippen LogP contribution in [0.1, 0.15) is 17.3 Å². The van der Waals surface area contributed by atoms with E-state index in [2.05, 4.69) is 10.0 Å². The zero-order chi connectivity index (χ0) is 29.3. The highest BCUT2D eigenvalue weighted by Crippen LogP contribution is 2.36. The molecule has 1 aromatic heterocycles. The Morgan fingerprint density at radius 2 is 1.66 bits per heavy atom. The number of rotatable bonds is 8. The molecule has 41 heavy (non-hydrogen) atoms. The maximum atomic E-state index is 13.2. The number of ether oxygens (including phenoxy) is 2. The molecule has 1 heterocycles. The van der Waals surface area contributed by atoms with E-state index in [1.165, 1.54) is 32.2 Å². The van der Waals surface area contributed by atoms with Gasteiger partial charge in [0.1, 0.15) is 22.7 Å². The summed E-state index contributed by atoms with van der Waals surface area (Å²) >= 11 is 6.14. The molecule has 5 rings (SSSR count). The monoisotopic (exact) mass is 596 g/mol. The van der Waals surface area contributed by atoms with E-state index in [4.69, 9.17) is 25.5 Å². The van der Waals surface area contributed by atoms with E-state index in [1.807, 2.05) is 24.3 Å². The average molecular weight is 597 g/mol. The second-order valence-electron chi connectivity index (χ2n) is 8.94. The lowest BCUT2D eigenvalue weighted by Gasteiger charge is -2.16. The molecule has 2 N–H and O–H groups in total. The van der Waals surface area contributed by atoms with Crippen LogP contribution in [0.15, 0.2) is 88.2 Å². The summed E-state index contributed by atoms with van der Waals surface area (Å²) in [5.74, 6) is -1.75. The number of carbonyl (C=O) groups is 2. The Balaban J connectivity index is 1.31. The van der Waals surface area contributed by atoms with Crippen LogP contribution in [0.3, 0.4) is 0 Å². The van der Waals surface area contributed by atoms with Crippen LogP contribution in [0.5, 0.6) is 5.75 Å².